The number of pyridine rings is 1. The van der Waals surface area contributed by atoms with Crippen LogP contribution in [0.15, 0.2) is 34.9 Å². The van der Waals surface area contributed by atoms with Crippen LogP contribution in [-0.2, 0) is 6.54 Å². The summed E-state index contributed by atoms with van der Waals surface area (Å²) in [6.45, 7) is 6.48. The SMILES string of the molecule is Cc1cc(-c2cc(C(=O)NCc3ccc4c(c3)OCO4)c3c(C)noc3n2)c(C)s1. The van der Waals surface area contributed by atoms with Crippen molar-refractivity contribution in [2.24, 2.45) is 0 Å². The highest BCUT2D eigenvalue weighted by molar-refractivity contribution is 7.12. The number of nitrogens with zero attached hydrogens (tertiary/aromatic N) is 2. The van der Waals surface area contributed by atoms with Crippen LogP contribution in [0.25, 0.3) is 22.4 Å². The van der Waals surface area contributed by atoms with E-state index in [9.17, 15) is 4.79 Å². The zero-order valence-corrected chi connectivity index (χ0v) is 17.6. The third-order valence-corrected chi connectivity index (χ3v) is 6.03. The average Bonchev–Trinajstić information content (AvgIpc) is 3.43. The molecule has 4 heterocycles. The van der Waals surface area contributed by atoms with Gasteiger partial charge in [-0.05, 0) is 50.6 Å². The fourth-order valence-corrected chi connectivity index (χ4v) is 4.56. The second-order valence-corrected chi connectivity index (χ2v) is 8.66. The smallest absolute Gasteiger partial charge is 0.259 e. The van der Waals surface area contributed by atoms with E-state index in [4.69, 9.17) is 14.0 Å². The Bertz CT molecular complexity index is 1290. The van der Waals surface area contributed by atoms with Crippen LogP contribution in [0, 0.1) is 20.8 Å². The topological polar surface area (TPSA) is 86.5 Å². The van der Waals surface area contributed by atoms with E-state index in [2.05, 4.69) is 28.4 Å². The van der Waals surface area contributed by atoms with Gasteiger partial charge in [0, 0.05) is 21.9 Å². The van der Waals surface area contributed by atoms with Crippen LogP contribution in [-0.4, -0.2) is 22.8 Å². The van der Waals surface area contributed by atoms with Gasteiger partial charge in [-0.3, -0.25) is 4.79 Å². The number of rotatable bonds is 4. The second kappa shape index (κ2) is 7.14. The molecule has 0 bridgehead atoms. The molecule has 0 spiro atoms. The maximum atomic E-state index is 13.1. The molecule has 3 aromatic heterocycles. The summed E-state index contributed by atoms with van der Waals surface area (Å²) in [6.07, 6.45) is 0. The van der Waals surface area contributed by atoms with Gasteiger partial charge in [0.05, 0.1) is 22.3 Å². The molecule has 0 fully saturated rings. The molecule has 0 saturated carbocycles. The summed E-state index contributed by atoms with van der Waals surface area (Å²) in [5, 5.41) is 7.63. The number of carbonyl (C=O) groups is 1. The molecule has 152 valence electrons. The van der Waals surface area contributed by atoms with Crippen molar-refractivity contribution in [3.8, 4) is 22.8 Å². The number of nitrogens with one attached hydrogen (secondary N) is 1. The normalized spacial score (nSPS) is 12.5. The first kappa shape index (κ1) is 18.6. The van der Waals surface area contributed by atoms with Crippen molar-refractivity contribution in [2.45, 2.75) is 27.3 Å². The van der Waals surface area contributed by atoms with Crippen LogP contribution in [0.5, 0.6) is 11.5 Å². The van der Waals surface area contributed by atoms with E-state index < -0.39 is 0 Å². The molecule has 1 aliphatic heterocycles. The van der Waals surface area contributed by atoms with Gasteiger partial charge < -0.3 is 19.3 Å². The van der Waals surface area contributed by atoms with Gasteiger partial charge in [0.2, 0.25) is 6.79 Å². The number of aromatic nitrogens is 2. The number of ether oxygens (including phenoxy) is 2. The Hall–Kier alpha value is -3.39. The summed E-state index contributed by atoms with van der Waals surface area (Å²) in [7, 11) is 0. The number of hydrogen-bond donors (Lipinski definition) is 1. The molecule has 1 amide bonds. The van der Waals surface area contributed by atoms with E-state index >= 15 is 0 Å². The molecular weight excluding hydrogens is 402 g/mol. The van der Waals surface area contributed by atoms with E-state index in [1.165, 1.54) is 4.88 Å². The number of thiophene rings is 1. The van der Waals surface area contributed by atoms with Crippen LogP contribution in [0.2, 0.25) is 0 Å². The first-order chi connectivity index (χ1) is 14.5. The Morgan fingerprint density at radius 3 is 2.77 bits per heavy atom. The highest BCUT2D eigenvalue weighted by Crippen LogP contribution is 2.34. The van der Waals surface area contributed by atoms with Crippen molar-refractivity contribution in [3.63, 3.8) is 0 Å². The van der Waals surface area contributed by atoms with Gasteiger partial charge in [-0.1, -0.05) is 11.2 Å². The molecule has 4 aromatic rings. The lowest BCUT2D eigenvalue weighted by Gasteiger charge is -2.09. The lowest BCUT2D eigenvalue weighted by Crippen LogP contribution is -2.23. The van der Waals surface area contributed by atoms with Crippen LogP contribution < -0.4 is 14.8 Å². The summed E-state index contributed by atoms with van der Waals surface area (Å²) in [4.78, 5) is 20.1. The predicted molar refractivity (Wildman–Crippen MR) is 113 cm³/mol. The summed E-state index contributed by atoms with van der Waals surface area (Å²) in [6, 6.07) is 9.52. The molecule has 5 rings (SSSR count). The molecule has 0 unspecified atom stereocenters. The molecule has 1 aliphatic rings. The van der Waals surface area contributed by atoms with Gasteiger partial charge in [0.1, 0.15) is 0 Å². The molecule has 1 aromatic carbocycles. The van der Waals surface area contributed by atoms with E-state index in [-0.39, 0.29) is 12.7 Å². The minimum Gasteiger partial charge on any atom is -0.454 e. The van der Waals surface area contributed by atoms with Gasteiger partial charge >= 0.3 is 0 Å². The number of aryl methyl sites for hydroxylation is 3. The van der Waals surface area contributed by atoms with Gasteiger partial charge in [-0.2, -0.15) is 0 Å². The third kappa shape index (κ3) is 3.19. The van der Waals surface area contributed by atoms with E-state index in [0.29, 0.717) is 46.1 Å². The lowest BCUT2D eigenvalue weighted by atomic mass is 10.1. The summed E-state index contributed by atoms with van der Waals surface area (Å²) in [5.74, 6) is 1.19. The molecule has 0 radical (unpaired) electrons. The maximum absolute atomic E-state index is 13.1. The quantitative estimate of drug-likeness (QED) is 0.521. The molecular formula is C22H19N3O4S. The standard InChI is InChI=1S/C22H19N3O4S/c1-11-6-15(13(3)30-11)17-8-16(20-12(2)25-29-22(20)24-17)21(26)23-9-14-4-5-18-19(7-14)28-10-27-18/h4-8H,9-10H2,1-3H3,(H,23,26). The fraction of sp³-hybridized carbons (Fsp3) is 0.227. The Labute approximate surface area is 176 Å². The fourth-order valence-electron chi connectivity index (χ4n) is 3.63. The van der Waals surface area contributed by atoms with Crippen LogP contribution in [0.1, 0.15) is 31.4 Å². The zero-order valence-electron chi connectivity index (χ0n) is 16.7. The number of amides is 1. The van der Waals surface area contributed by atoms with E-state index in [1.54, 1.807) is 11.3 Å². The number of carbonyl (C=O) groups excluding carboxylic acids is 1. The molecule has 0 aliphatic carbocycles. The Kier molecular flexibility index (Phi) is 4.43. The van der Waals surface area contributed by atoms with Crippen molar-refractivity contribution < 1.29 is 18.8 Å². The van der Waals surface area contributed by atoms with Crippen molar-refractivity contribution in [1.82, 2.24) is 15.5 Å². The Morgan fingerprint density at radius 1 is 1.13 bits per heavy atom. The van der Waals surface area contributed by atoms with Crippen LogP contribution in [0.4, 0.5) is 0 Å². The second-order valence-electron chi connectivity index (χ2n) is 7.20. The largest absolute Gasteiger partial charge is 0.454 e. The highest BCUT2D eigenvalue weighted by atomic mass is 32.1. The molecule has 1 N–H and O–H groups in total. The first-order valence-electron chi connectivity index (χ1n) is 9.51. The minimum absolute atomic E-state index is 0.211. The third-order valence-electron chi connectivity index (χ3n) is 5.07. The maximum Gasteiger partial charge on any atom is 0.259 e. The Morgan fingerprint density at radius 2 is 1.97 bits per heavy atom. The van der Waals surface area contributed by atoms with Crippen molar-refractivity contribution in [2.75, 3.05) is 6.79 Å². The minimum atomic E-state index is -0.211. The van der Waals surface area contributed by atoms with Gasteiger partial charge in [-0.25, -0.2) is 4.98 Å². The van der Waals surface area contributed by atoms with Gasteiger partial charge in [-0.15, -0.1) is 11.3 Å². The molecule has 8 heteroatoms. The van der Waals surface area contributed by atoms with Crippen molar-refractivity contribution >= 4 is 28.3 Å². The number of hydrogen-bond acceptors (Lipinski definition) is 7. The summed E-state index contributed by atoms with van der Waals surface area (Å²) >= 11 is 1.70. The van der Waals surface area contributed by atoms with Gasteiger partial charge in [0.25, 0.3) is 11.6 Å². The van der Waals surface area contributed by atoms with Crippen molar-refractivity contribution in [3.05, 3.63) is 56.9 Å². The van der Waals surface area contributed by atoms with Crippen molar-refractivity contribution in [1.29, 1.82) is 0 Å². The van der Waals surface area contributed by atoms with E-state index in [1.807, 2.05) is 38.1 Å². The molecule has 30 heavy (non-hydrogen) atoms. The monoisotopic (exact) mass is 421 g/mol. The number of benzene rings is 1. The van der Waals surface area contributed by atoms with Crippen LogP contribution in [0.3, 0.4) is 0 Å². The Balaban J connectivity index is 1.48. The number of fused-ring (bicyclic) bond motifs is 2. The van der Waals surface area contributed by atoms with Crippen LogP contribution >= 0.6 is 11.3 Å². The zero-order chi connectivity index (χ0) is 20.8. The molecule has 7 nitrogen and oxygen atoms in total. The summed E-state index contributed by atoms with van der Waals surface area (Å²) < 4.78 is 16.1. The highest BCUT2D eigenvalue weighted by Gasteiger charge is 2.21. The molecule has 0 saturated heterocycles. The predicted octanol–water partition coefficient (Wildman–Crippen LogP) is 4.54. The van der Waals surface area contributed by atoms with Gasteiger partial charge in [0.15, 0.2) is 11.5 Å². The lowest BCUT2D eigenvalue weighted by molar-refractivity contribution is 0.0952. The first-order valence-corrected chi connectivity index (χ1v) is 10.3. The van der Waals surface area contributed by atoms with E-state index in [0.717, 1.165) is 16.0 Å². The average molecular weight is 421 g/mol. The summed E-state index contributed by atoms with van der Waals surface area (Å²) in [5.41, 5.74) is 4.12. The molecule has 0 atom stereocenters.